The number of nitrogens with zero attached hydrogens (tertiary/aromatic N) is 2. The third kappa shape index (κ3) is 2.98. The van der Waals surface area contributed by atoms with Crippen molar-refractivity contribution in [3.63, 3.8) is 0 Å². The van der Waals surface area contributed by atoms with Crippen LogP contribution in [-0.4, -0.2) is 14.9 Å². The molecule has 0 aliphatic carbocycles. The molecule has 0 saturated carbocycles. The molecule has 0 amide bonds. The zero-order chi connectivity index (χ0) is 13.8. The van der Waals surface area contributed by atoms with Crippen LogP contribution in [0.5, 0.6) is 5.75 Å². The number of para-hydroxylation sites is 1. The van der Waals surface area contributed by atoms with Crippen LogP contribution in [0.15, 0.2) is 28.7 Å². The lowest BCUT2D eigenvalue weighted by atomic mass is 10.2. The molecule has 2 rings (SSSR count). The Balaban J connectivity index is 2.19. The smallest absolute Gasteiger partial charge is 0.131 e. The van der Waals surface area contributed by atoms with E-state index in [1.54, 1.807) is 0 Å². The van der Waals surface area contributed by atoms with Gasteiger partial charge < -0.3 is 9.84 Å². The highest BCUT2D eigenvalue weighted by atomic mass is 79.9. The summed E-state index contributed by atoms with van der Waals surface area (Å²) in [6.07, 6.45) is 0. The summed E-state index contributed by atoms with van der Waals surface area (Å²) in [5, 5.41) is 13.7. The molecule has 5 heteroatoms. The Morgan fingerprint density at radius 1 is 1.37 bits per heavy atom. The van der Waals surface area contributed by atoms with Crippen molar-refractivity contribution in [1.29, 1.82) is 0 Å². The van der Waals surface area contributed by atoms with Gasteiger partial charge in [-0.3, -0.25) is 4.68 Å². The molecule has 0 bridgehead atoms. The molecule has 1 aromatic heterocycles. The third-order valence-corrected chi connectivity index (χ3v) is 3.99. The average molecular weight is 325 g/mol. The number of ether oxygens (including phenoxy) is 1. The second-order valence-corrected chi connectivity index (χ2v) is 5.01. The molecule has 0 aliphatic heterocycles. The monoisotopic (exact) mass is 324 g/mol. The van der Waals surface area contributed by atoms with Gasteiger partial charge in [0.05, 0.1) is 22.5 Å². The van der Waals surface area contributed by atoms with Gasteiger partial charge in [-0.2, -0.15) is 5.10 Å². The zero-order valence-corrected chi connectivity index (χ0v) is 12.6. The molecular formula is C14H17BrN2O2. The Morgan fingerprint density at radius 2 is 2.11 bits per heavy atom. The molecule has 19 heavy (non-hydrogen) atoms. The van der Waals surface area contributed by atoms with E-state index in [1.165, 1.54) is 0 Å². The largest absolute Gasteiger partial charge is 0.487 e. The molecule has 0 aliphatic rings. The van der Waals surface area contributed by atoms with Crippen LogP contribution in [0, 0.1) is 6.92 Å². The SMILES string of the molecule is CCn1nc(C)c(Br)c1COc1ccccc1CO. The van der Waals surface area contributed by atoms with Crippen LogP contribution in [0.2, 0.25) is 0 Å². The fourth-order valence-electron chi connectivity index (χ4n) is 1.93. The van der Waals surface area contributed by atoms with E-state index in [0.717, 1.165) is 28.0 Å². The second-order valence-electron chi connectivity index (χ2n) is 4.22. The molecule has 2 aromatic rings. The van der Waals surface area contributed by atoms with Crippen LogP contribution in [0.25, 0.3) is 0 Å². The number of aliphatic hydroxyl groups excluding tert-OH is 1. The minimum Gasteiger partial charge on any atom is -0.487 e. The standard InChI is InChI=1S/C14H17BrN2O2/c1-3-17-12(14(15)10(2)16-17)9-19-13-7-5-4-6-11(13)8-18/h4-7,18H,3,8-9H2,1-2H3. The lowest BCUT2D eigenvalue weighted by Gasteiger charge is -2.11. The first-order valence-electron chi connectivity index (χ1n) is 6.20. The summed E-state index contributed by atoms with van der Waals surface area (Å²) < 4.78 is 8.70. The van der Waals surface area contributed by atoms with Gasteiger partial charge in [0.25, 0.3) is 0 Å². The summed E-state index contributed by atoms with van der Waals surface area (Å²) >= 11 is 3.54. The van der Waals surface area contributed by atoms with Gasteiger partial charge in [-0.15, -0.1) is 0 Å². The van der Waals surface area contributed by atoms with E-state index in [2.05, 4.69) is 21.0 Å². The molecular weight excluding hydrogens is 308 g/mol. The summed E-state index contributed by atoms with van der Waals surface area (Å²) in [5.74, 6) is 0.707. The Kier molecular flexibility index (Phi) is 4.61. The lowest BCUT2D eigenvalue weighted by Crippen LogP contribution is -2.07. The second kappa shape index (κ2) is 6.21. The van der Waals surface area contributed by atoms with Crippen molar-refractivity contribution in [1.82, 2.24) is 9.78 Å². The number of halogens is 1. The number of hydrogen-bond acceptors (Lipinski definition) is 3. The van der Waals surface area contributed by atoms with Crippen LogP contribution < -0.4 is 4.74 Å². The Labute approximate surface area is 121 Å². The van der Waals surface area contributed by atoms with E-state index >= 15 is 0 Å². The molecule has 0 unspecified atom stereocenters. The van der Waals surface area contributed by atoms with Gasteiger partial charge in [0.15, 0.2) is 0 Å². The molecule has 4 nitrogen and oxygen atoms in total. The summed E-state index contributed by atoms with van der Waals surface area (Å²) in [6, 6.07) is 7.49. The molecule has 0 fully saturated rings. The normalized spacial score (nSPS) is 10.7. The third-order valence-electron chi connectivity index (χ3n) is 2.96. The lowest BCUT2D eigenvalue weighted by molar-refractivity contribution is 0.254. The number of aliphatic hydroxyl groups is 1. The highest BCUT2D eigenvalue weighted by Crippen LogP contribution is 2.24. The quantitative estimate of drug-likeness (QED) is 0.919. The van der Waals surface area contributed by atoms with E-state index in [4.69, 9.17) is 4.74 Å². The molecule has 0 atom stereocenters. The summed E-state index contributed by atoms with van der Waals surface area (Å²) in [4.78, 5) is 0. The maximum Gasteiger partial charge on any atom is 0.131 e. The first kappa shape index (κ1) is 14.1. The van der Waals surface area contributed by atoms with Crippen molar-refractivity contribution in [2.45, 2.75) is 33.6 Å². The van der Waals surface area contributed by atoms with E-state index in [1.807, 2.05) is 42.8 Å². The van der Waals surface area contributed by atoms with Gasteiger partial charge in [0, 0.05) is 12.1 Å². The van der Waals surface area contributed by atoms with Gasteiger partial charge in [0.2, 0.25) is 0 Å². The highest BCUT2D eigenvalue weighted by molar-refractivity contribution is 9.10. The van der Waals surface area contributed by atoms with Crippen molar-refractivity contribution in [3.05, 3.63) is 45.7 Å². The van der Waals surface area contributed by atoms with Crippen LogP contribution in [-0.2, 0) is 19.8 Å². The Bertz CT molecular complexity index is 567. The Hall–Kier alpha value is -1.33. The minimum absolute atomic E-state index is 0.0244. The fourth-order valence-corrected chi connectivity index (χ4v) is 2.33. The van der Waals surface area contributed by atoms with Crippen LogP contribution in [0.1, 0.15) is 23.9 Å². The van der Waals surface area contributed by atoms with Crippen molar-refractivity contribution in [3.8, 4) is 5.75 Å². The van der Waals surface area contributed by atoms with Crippen molar-refractivity contribution in [2.75, 3.05) is 0 Å². The summed E-state index contributed by atoms with van der Waals surface area (Å²) in [7, 11) is 0. The van der Waals surface area contributed by atoms with E-state index in [9.17, 15) is 5.11 Å². The maximum absolute atomic E-state index is 9.27. The molecule has 0 radical (unpaired) electrons. The first-order valence-corrected chi connectivity index (χ1v) is 7.00. The van der Waals surface area contributed by atoms with Crippen LogP contribution in [0.4, 0.5) is 0 Å². The van der Waals surface area contributed by atoms with Crippen LogP contribution in [0.3, 0.4) is 0 Å². The first-order chi connectivity index (χ1) is 9.17. The van der Waals surface area contributed by atoms with Gasteiger partial charge in [-0.25, -0.2) is 0 Å². The van der Waals surface area contributed by atoms with Crippen molar-refractivity contribution < 1.29 is 9.84 Å². The van der Waals surface area contributed by atoms with E-state index in [0.29, 0.717) is 12.4 Å². The average Bonchev–Trinajstić information content (AvgIpc) is 2.72. The number of aromatic nitrogens is 2. The summed E-state index contributed by atoms with van der Waals surface area (Å²) in [6.45, 7) is 5.20. The van der Waals surface area contributed by atoms with Crippen LogP contribution >= 0.6 is 15.9 Å². The predicted molar refractivity (Wildman–Crippen MR) is 77.0 cm³/mol. The van der Waals surface area contributed by atoms with Gasteiger partial charge in [-0.1, -0.05) is 18.2 Å². The van der Waals surface area contributed by atoms with Crippen molar-refractivity contribution >= 4 is 15.9 Å². The zero-order valence-electron chi connectivity index (χ0n) is 11.1. The van der Waals surface area contributed by atoms with Gasteiger partial charge in [0.1, 0.15) is 12.4 Å². The van der Waals surface area contributed by atoms with Crippen molar-refractivity contribution in [2.24, 2.45) is 0 Å². The molecule has 1 heterocycles. The molecule has 102 valence electrons. The molecule has 1 aromatic carbocycles. The topological polar surface area (TPSA) is 47.3 Å². The molecule has 0 spiro atoms. The number of aryl methyl sites for hydroxylation is 2. The van der Waals surface area contributed by atoms with E-state index < -0.39 is 0 Å². The predicted octanol–water partition coefficient (Wildman–Crippen LogP) is 3.05. The highest BCUT2D eigenvalue weighted by Gasteiger charge is 2.13. The maximum atomic E-state index is 9.27. The fraction of sp³-hybridized carbons (Fsp3) is 0.357. The van der Waals surface area contributed by atoms with Gasteiger partial charge in [-0.05, 0) is 35.8 Å². The molecule has 0 saturated heterocycles. The number of benzene rings is 1. The summed E-state index contributed by atoms with van der Waals surface area (Å²) in [5.41, 5.74) is 2.75. The van der Waals surface area contributed by atoms with Gasteiger partial charge >= 0.3 is 0 Å². The minimum atomic E-state index is -0.0244. The number of rotatable bonds is 5. The van der Waals surface area contributed by atoms with E-state index in [-0.39, 0.29) is 6.61 Å². The Morgan fingerprint density at radius 3 is 2.79 bits per heavy atom. The number of hydrogen-bond donors (Lipinski definition) is 1. The molecule has 1 N–H and O–H groups in total.